The van der Waals surface area contributed by atoms with Gasteiger partial charge in [0.2, 0.25) is 5.95 Å². The van der Waals surface area contributed by atoms with E-state index in [2.05, 4.69) is 50.0 Å². The van der Waals surface area contributed by atoms with Crippen LogP contribution in [0.3, 0.4) is 0 Å². The lowest BCUT2D eigenvalue weighted by atomic mass is 9.86. The molecule has 114 valence electrons. The Morgan fingerprint density at radius 2 is 1.86 bits per heavy atom. The molecule has 0 fully saturated rings. The van der Waals surface area contributed by atoms with Crippen molar-refractivity contribution in [2.45, 2.75) is 39.7 Å². The van der Waals surface area contributed by atoms with Gasteiger partial charge in [-0.05, 0) is 23.5 Å². The predicted molar refractivity (Wildman–Crippen MR) is 87.3 cm³/mol. The van der Waals surface area contributed by atoms with Crippen LogP contribution in [0.2, 0.25) is 0 Å². The van der Waals surface area contributed by atoms with E-state index in [1.165, 1.54) is 5.56 Å². The highest BCUT2D eigenvalue weighted by atomic mass is 16.5. The molecule has 1 aromatic carbocycles. The standard InChI is InChI=1S/C17H25N3O/c1-5-21-11-10-20-15(12-19-16(20)18)13-6-8-14(9-7-13)17(2,3)4/h6-9,12H,5,10-11H2,1-4H3,(H2,18,19). The van der Waals surface area contributed by atoms with Gasteiger partial charge in [0.15, 0.2) is 0 Å². The lowest BCUT2D eigenvalue weighted by Crippen LogP contribution is -2.11. The first-order valence-electron chi connectivity index (χ1n) is 7.43. The van der Waals surface area contributed by atoms with Crippen molar-refractivity contribution in [1.82, 2.24) is 9.55 Å². The van der Waals surface area contributed by atoms with Crippen LogP contribution in [0.1, 0.15) is 33.3 Å². The molecule has 0 saturated carbocycles. The van der Waals surface area contributed by atoms with Gasteiger partial charge in [0.25, 0.3) is 0 Å². The Labute approximate surface area is 127 Å². The second kappa shape index (κ2) is 6.31. The summed E-state index contributed by atoms with van der Waals surface area (Å²) in [6, 6.07) is 8.61. The van der Waals surface area contributed by atoms with Crippen LogP contribution < -0.4 is 5.73 Å². The van der Waals surface area contributed by atoms with Gasteiger partial charge >= 0.3 is 0 Å². The molecule has 0 atom stereocenters. The van der Waals surface area contributed by atoms with E-state index < -0.39 is 0 Å². The average molecular weight is 287 g/mol. The number of rotatable bonds is 5. The molecule has 0 spiro atoms. The van der Waals surface area contributed by atoms with E-state index in [1.807, 2.05) is 17.7 Å². The number of aromatic nitrogens is 2. The fourth-order valence-electron chi connectivity index (χ4n) is 2.30. The van der Waals surface area contributed by atoms with Crippen molar-refractivity contribution in [3.8, 4) is 11.3 Å². The third kappa shape index (κ3) is 3.64. The molecular weight excluding hydrogens is 262 g/mol. The Hall–Kier alpha value is -1.81. The fourth-order valence-corrected chi connectivity index (χ4v) is 2.30. The zero-order valence-electron chi connectivity index (χ0n) is 13.4. The molecule has 0 saturated heterocycles. The number of benzene rings is 1. The minimum Gasteiger partial charge on any atom is -0.380 e. The smallest absolute Gasteiger partial charge is 0.200 e. The van der Waals surface area contributed by atoms with Gasteiger partial charge in [-0.25, -0.2) is 4.98 Å². The first-order chi connectivity index (χ1) is 9.93. The van der Waals surface area contributed by atoms with Crippen LogP contribution in [0.25, 0.3) is 11.3 Å². The van der Waals surface area contributed by atoms with Crippen molar-refractivity contribution < 1.29 is 4.74 Å². The molecule has 2 N–H and O–H groups in total. The summed E-state index contributed by atoms with van der Waals surface area (Å²) in [6.07, 6.45) is 1.83. The maximum atomic E-state index is 5.96. The summed E-state index contributed by atoms with van der Waals surface area (Å²) in [5.74, 6) is 0.532. The van der Waals surface area contributed by atoms with Crippen LogP contribution in [0.5, 0.6) is 0 Å². The summed E-state index contributed by atoms with van der Waals surface area (Å²) in [6.45, 7) is 10.7. The van der Waals surface area contributed by atoms with Gasteiger partial charge in [-0.3, -0.25) is 0 Å². The Morgan fingerprint density at radius 1 is 1.19 bits per heavy atom. The highest BCUT2D eigenvalue weighted by Gasteiger charge is 2.14. The third-order valence-electron chi connectivity index (χ3n) is 3.60. The molecule has 0 amide bonds. The lowest BCUT2D eigenvalue weighted by Gasteiger charge is -2.19. The number of ether oxygens (including phenoxy) is 1. The van der Waals surface area contributed by atoms with Crippen molar-refractivity contribution in [1.29, 1.82) is 0 Å². The number of nitrogen functional groups attached to an aromatic ring is 1. The number of nitrogens with two attached hydrogens (primary N) is 1. The molecule has 21 heavy (non-hydrogen) atoms. The number of anilines is 1. The van der Waals surface area contributed by atoms with E-state index in [0.717, 1.165) is 17.8 Å². The van der Waals surface area contributed by atoms with Gasteiger partial charge in [0.05, 0.1) is 18.5 Å². The molecule has 1 aromatic heterocycles. The van der Waals surface area contributed by atoms with Crippen molar-refractivity contribution in [2.24, 2.45) is 0 Å². The Bertz CT molecular complexity index is 579. The molecule has 1 heterocycles. The normalized spacial score (nSPS) is 11.8. The van der Waals surface area contributed by atoms with Crippen LogP contribution in [0.4, 0.5) is 5.95 Å². The summed E-state index contributed by atoms with van der Waals surface area (Å²) in [5, 5.41) is 0. The van der Waals surface area contributed by atoms with Crippen molar-refractivity contribution in [3.05, 3.63) is 36.0 Å². The molecule has 2 aromatic rings. The molecule has 0 unspecified atom stereocenters. The number of nitrogens with zero attached hydrogens (tertiary/aromatic N) is 2. The van der Waals surface area contributed by atoms with Gasteiger partial charge in [-0.1, -0.05) is 45.0 Å². The SMILES string of the molecule is CCOCCn1c(-c2ccc(C(C)(C)C)cc2)cnc1N. The number of imidazole rings is 1. The van der Waals surface area contributed by atoms with Crippen LogP contribution in [0, 0.1) is 0 Å². The summed E-state index contributed by atoms with van der Waals surface area (Å²) in [7, 11) is 0. The fraction of sp³-hybridized carbons (Fsp3) is 0.471. The molecule has 0 aliphatic heterocycles. The topological polar surface area (TPSA) is 53.1 Å². The van der Waals surface area contributed by atoms with E-state index in [0.29, 0.717) is 19.2 Å². The minimum atomic E-state index is 0.159. The summed E-state index contributed by atoms with van der Waals surface area (Å²) >= 11 is 0. The van der Waals surface area contributed by atoms with Gasteiger partial charge < -0.3 is 15.0 Å². The highest BCUT2D eigenvalue weighted by Crippen LogP contribution is 2.27. The Balaban J connectivity index is 2.26. The zero-order valence-corrected chi connectivity index (χ0v) is 13.4. The molecule has 2 rings (SSSR count). The van der Waals surface area contributed by atoms with Crippen LogP contribution >= 0.6 is 0 Å². The van der Waals surface area contributed by atoms with Crippen molar-refractivity contribution >= 4 is 5.95 Å². The first kappa shape index (κ1) is 15.6. The summed E-state index contributed by atoms with van der Waals surface area (Å²) < 4.78 is 7.41. The largest absolute Gasteiger partial charge is 0.380 e. The minimum absolute atomic E-state index is 0.159. The Kier molecular flexibility index (Phi) is 4.68. The average Bonchev–Trinajstić information content (AvgIpc) is 2.80. The van der Waals surface area contributed by atoms with Gasteiger partial charge in [-0.2, -0.15) is 0 Å². The number of hydrogen-bond acceptors (Lipinski definition) is 3. The highest BCUT2D eigenvalue weighted by molar-refractivity contribution is 5.61. The van der Waals surface area contributed by atoms with Crippen molar-refractivity contribution in [3.63, 3.8) is 0 Å². The summed E-state index contributed by atoms with van der Waals surface area (Å²) in [5.41, 5.74) is 9.60. The Morgan fingerprint density at radius 3 is 2.43 bits per heavy atom. The molecule has 4 heteroatoms. The zero-order chi connectivity index (χ0) is 15.5. The number of hydrogen-bond donors (Lipinski definition) is 1. The molecule has 0 aliphatic rings. The molecular formula is C17H25N3O. The van der Waals surface area contributed by atoms with Gasteiger partial charge in [0.1, 0.15) is 0 Å². The van der Waals surface area contributed by atoms with Crippen LogP contribution in [0.15, 0.2) is 30.5 Å². The maximum absolute atomic E-state index is 5.96. The van der Waals surface area contributed by atoms with E-state index >= 15 is 0 Å². The first-order valence-corrected chi connectivity index (χ1v) is 7.43. The second-order valence-corrected chi connectivity index (χ2v) is 6.18. The predicted octanol–water partition coefficient (Wildman–Crippen LogP) is 3.47. The van der Waals surface area contributed by atoms with Gasteiger partial charge in [0, 0.05) is 13.2 Å². The molecule has 0 aliphatic carbocycles. The van der Waals surface area contributed by atoms with E-state index in [1.54, 1.807) is 0 Å². The van der Waals surface area contributed by atoms with E-state index in [-0.39, 0.29) is 5.41 Å². The van der Waals surface area contributed by atoms with Crippen molar-refractivity contribution in [2.75, 3.05) is 18.9 Å². The molecule has 0 radical (unpaired) electrons. The van der Waals surface area contributed by atoms with E-state index in [4.69, 9.17) is 10.5 Å². The third-order valence-corrected chi connectivity index (χ3v) is 3.60. The van der Waals surface area contributed by atoms with Crippen LogP contribution in [-0.4, -0.2) is 22.8 Å². The lowest BCUT2D eigenvalue weighted by molar-refractivity contribution is 0.139. The summed E-state index contributed by atoms with van der Waals surface area (Å²) in [4.78, 5) is 4.23. The maximum Gasteiger partial charge on any atom is 0.200 e. The quantitative estimate of drug-likeness (QED) is 0.857. The second-order valence-electron chi connectivity index (χ2n) is 6.18. The van der Waals surface area contributed by atoms with E-state index in [9.17, 15) is 0 Å². The molecule has 4 nitrogen and oxygen atoms in total. The van der Waals surface area contributed by atoms with Gasteiger partial charge in [-0.15, -0.1) is 0 Å². The monoisotopic (exact) mass is 287 g/mol. The van der Waals surface area contributed by atoms with Crippen LogP contribution in [-0.2, 0) is 16.7 Å². The molecule has 0 bridgehead atoms.